The number of carbonyl (C=O) groups excluding carboxylic acids is 1. The molecule has 0 radical (unpaired) electrons. The summed E-state index contributed by atoms with van der Waals surface area (Å²) in [6.45, 7) is -0.244. The second kappa shape index (κ2) is 9.06. The van der Waals surface area contributed by atoms with Crippen LogP contribution in [0.5, 0.6) is 5.75 Å². The molecule has 5 heteroatoms. The lowest BCUT2D eigenvalue weighted by Gasteiger charge is -2.09. The number of benzene rings is 3. The van der Waals surface area contributed by atoms with Gasteiger partial charge in [-0.15, -0.1) is 11.8 Å². The molecule has 0 atom stereocenters. The summed E-state index contributed by atoms with van der Waals surface area (Å²) in [7, 11) is 0. The molecule has 0 aliphatic heterocycles. The monoisotopic (exact) mass is 367 g/mol. The Labute approximate surface area is 156 Å². The Kier molecular flexibility index (Phi) is 6.28. The molecule has 1 amide bonds. The van der Waals surface area contributed by atoms with Gasteiger partial charge < -0.3 is 10.1 Å². The van der Waals surface area contributed by atoms with Crippen LogP contribution in [0, 0.1) is 5.82 Å². The van der Waals surface area contributed by atoms with Crippen molar-refractivity contribution in [2.45, 2.75) is 10.6 Å². The molecule has 1 N–H and O–H groups in total. The van der Waals surface area contributed by atoms with Gasteiger partial charge in [0, 0.05) is 16.3 Å². The molecule has 132 valence electrons. The predicted octanol–water partition coefficient (Wildman–Crippen LogP) is 5.14. The van der Waals surface area contributed by atoms with Crippen molar-refractivity contribution in [2.75, 3.05) is 11.9 Å². The largest absolute Gasteiger partial charge is 0.481 e. The lowest BCUT2D eigenvalue weighted by molar-refractivity contribution is -0.118. The molecule has 3 aromatic carbocycles. The van der Waals surface area contributed by atoms with Crippen LogP contribution in [0.2, 0.25) is 0 Å². The minimum absolute atomic E-state index is 0.0657. The van der Waals surface area contributed by atoms with Gasteiger partial charge in [0.1, 0.15) is 0 Å². The second-order valence-corrected chi connectivity index (χ2v) is 6.61. The van der Waals surface area contributed by atoms with E-state index in [-0.39, 0.29) is 18.3 Å². The van der Waals surface area contributed by atoms with Crippen molar-refractivity contribution < 1.29 is 13.9 Å². The van der Waals surface area contributed by atoms with Crippen LogP contribution in [0.4, 0.5) is 10.1 Å². The number of para-hydroxylation sites is 1. The maximum atomic E-state index is 13.4. The Morgan fingerprint density at radius 2 is 1.62 bits per heavy atom. The van der Waals surface area contributed by atoms with Gasteiger partial charge in [-0.2, -0.15) is 0 Å². The highest BCUT2D eigenvalue weighted by atomic mass is 32.2. The molecule has 3 aromatic rings. The number of rotatable bonds is 7. The Bertz CT molecular complexity index is 853. The zero-order valence-corrected chi connectivity index (χ0v) is 14.8. The molecule has 3 nitrogen and oxygen atoms in total. The summed E-state index contributed by atoms with van der Waals surface area (Å²) in [4.78, 5) is 13.1. The zero-order valence-electron chi connectivity index (χ0n) is 14.0. The van der Waals surface area contributed by atoms with Crippen LogP contribution in [0.1, 0.15) is 5.56 Å². The van der Waals surface area contributed by atoms with Crippen LogP contribution in [0.3, 0.4) is 0 Å². The Morgan fingerprint density at radius 1 is 0.923 bits per heavy atom. The van der Waals surface area contributed by atoms with Gasteiger partial charge >= 0.3 is 0 Å². The molecule has 0 bridgehead atoms. The summed E-state index contributed by atoms with van der Waals surface area (Å²) in [5.41, 5.74) is 1.85. The van der Waals surface area contributed by atoms with E-state index in [1.54, 1.807) is 23.9 Å². The first-order chi connectivity index (χ1) is 12.7. The smallest absolute Gasteiger partial charge is 0.262 e. The zero-order chi connectivity index (χ0) is 18.2. The highest BCUT2D eigenvalue weighted by Gasteiger charge is 2.07. The Morgan fingerprint density at radius 3 is 2.35 bits per heavy atom. The fourth-order valence-electron chi connectivity index (χ4n) is 2.27. The van der Waals surface area contributed by atoms with Gasteiger partial charge in [-0.25, -0.2) is 4.39 Å². The normalized spacial score (nSPS) is 10.3. The van der Waals surface area contributed by atoms with Crippen LogP contribution >= 0.6 is 11.8 Å². The van der Waals surface area contributed by atoms with Crippen LogP contribution in [-0.2, 0) is 10.5 Å². The predicted molar refractivity (Wildman–Crippen MR) is 103 cm³/mol. The second-order valence-electron chi connectivity index (χ2n) is 5.57. The van der Waals surface area contributed by atoms with Gasteiger partial charge in [0.25, 0.3) is 5.91 Å². The molecule has 0 aliphatic carbocycles. The molecule has 0 saturated heterocycles. The molecule has 3 rings (SSSR count). The van der Waals surface area contributed by atoms with Crippen molar-refractivity contribution in [1.82, 2.24) is 0 Å². The fourth-order valence-corrected chi connectivity index (χ4v) is 3.15. The maximum Gasteiger partial charge on any atom is 0.262 e. The summed E-state index contributed by atoms with van der Waals surface area (Å²) in [5, 5.41) is 2.74. The summed E-state index contributed by atoms with van der Waals surface area (Å²) in [6.07, 6.45) is 0. The highest BCUT2D eigenvalue weighted by molar-refractivity contribution is 7.98. The SMILES string of the molecule is O=C(COc1ccccc1F)Nc1ccc(CSc2ccccc2)cc1. The lowest BCUT2D eigenvalue weighted by Crippen LogP contribution is -2.20. The molecule has 0 spiro atoms. The molecule has 0 heterocycles. The van der Waals surface area contributed by atoms with E-state index >= 15 is 0 Å². The number of hydrogen-bond acceptors (Lipinski definition) is 3. The third-order valence-corrected chi connectivity index (χ3v) is 4.66. The van der Waals surface area contributed by atoms with Crippen LogP contribution in [0.25, 0.3) is 0 Å². The number of ether oxygens (including phenoxy) is 1. The molecule has 0 aromatic heterocycles. The van der Waals surface area contributed by atoms with Crippen molar-refractivity contribution >= 4 is 23.4 Å². The van der Waals surface area contributed by atoms with Crippen molar-refractivity contribution in [2.24, 2.45) is 0 Å². The van der Waals surface area contributed by atoms with Crippen LogP contribution in [0.15, 0.2) is 83.8 Å². The van der Waals surface area contributed by atoms with Crippen molar-refractivity contribution in [3.05, 3.63) is 90.2 Å². The molecule has 0 aliphatic rings. The Hall–Kier alpha value is -2.79. The first kappa shape index (κ1) is 18.0. The van der Waals surface area contributed by atoms with Gasteiger partial charge in [0.15, 0.2) is 18.2 Å². The minimum Gasteiger partial charge on any atom is -0.481 e. The van der Waals surface area contributed by atoms with E-state index in [1.807, 2.05) is 42.5 Å². The standard InChI is InChI=1S/C21H18FNO2S/c22-19-8-4-5-9-20(19)25-14-21(24)23-17-12-10-16(11-13-17)15-26-18-6-2-1-3-7-18/h1-13H,14-15H2,(H,23,24). The van der Waals surface area contributed by atoms with Crippen molar-refractivity contribution in [3.8, 4) is 5.75 Å². The number of hydrogen-bond donors (Lipinski definition) is 1. The highest BCUT2D eigenvalue weighted by Crippen LogP contribution is 2.23. The fraction of sp³-hybridized carbons (Fsp3) is 0.0952. The third kappa shape index (κ3) is 5.36. The number of carbonyl (C=O) groups is 1. The molecule has 26 heavy (non-hydrogen) atoms. The van der Waals surface area contributed by atoms with Crippen LogP contribution < -0.4 is 10.1 Å². The number of thioether (sulfide) groups is 1. The minimum atomic E-state index is -0.486. The van der Waals surface area contributed by atoms with Crippen LogP contribution in [-0.4, -0.2) is 12.5 Å². The van der Waals surface area contributed by atoms with Crippen molar-refractivity contribution in [3.63, 3.8) is 0 Å². The molecule has 0 fully saturated rings. The average molecular weight is 367 g/mol. The summed E-state index contributed by atoms with van der Waals surface area (Å²) >= 11 is 1.76. The maximum absolute atomic E-state index is 13.4. The van der Waals surface area contributed by atoms with Gasteiger partial charge in [0.2, 0.25) is 0 Å². The quantitative estimate of drug-likeness (QED) is 0.588. The lowest BCUT2D eigenvalue weighted by atomic mass is 10.2. The summed E-state index contributed by atoms with van der Waals surface area (Å²) < 4.78 is 18.6. The van der Waals surface area contributed by atoms with E-state index < -0.39 is 5.82 Å². The van der Waals surface area contributed by atoms with E-state index in [4.69, 9.17) is 4.74 Å². The topological polar surface area (TPSA) is 38.3 Å². The first-order valence-electron chi connectivity index (χ1n) is 8.15. The van der Waals surface area contributed by atoms with Gasteiger partial charge in [-0.1, -0.05) is 42.5 Å². The van der Waals surface area contributed by atoms with Gasteiger partial charge in [-0.3, -0.25) is 4.79 Å². The molecule has 0 saturated carbocycles. The first-order valence-corrected chi connectivity index (χ1v) is 9.13. The van der Waals surface area contributed by atoms with Gasteiger partial charge in [0.05, 0.1) is 0 Å². The average Bonchev–Trinajstić information content (AvgIpc) is 2.68. The van der Waals surface area contributed by atoms with Crippen molar-refractivity contribution in [1.29, 1.82) is 0 Å². The van der Waals surface area contributed by atoms with E-state index in [9.17, 15) is 9.18 Å². The number of halogens is 1. The molecular formula is C21H18FNO2S. The van der Waals surface area contributed by atoms with E-state index in [2.05, 4.69) is 17.4 Å². The van der Waals surface area contributed by atoms with Gasteiger partial charge in [-0.05, 0) is 42.0 Å². The number of amides is 1. The van der Waals surface area contributed by atoms with E-state index in [0.717, 1.165) is 5.75 Å². The number of nitrogens with one attached hydrogen (secondary N) is 1. The summed E-state index contributed by atoms with van der Waals surface area (Å²) in [6, 6.07) is 23.8. The molecule has 0 unspecified atom stereocenters. The molecular weight excluding hydrogens is 349 g/mol. The number of anilines is 1. The Balaban J connectivity index is 1.47. The van der Waals surface area contributed by atoms with E-state index in [0.29, 0.717) is 5.69 Å². The summed E-state index contributed by atoms with van der Waals surface area (Å²) in [5.74, 6) is 0.102. The van der Waals surface area contributed by atoms with E-state index in [1.165, 1.54) is 22.6 Å². The third-order valence-electron chi connectivity index (χ3n) is 3.58.